The van der Waals surface area contributed by atoms with Gasteiger partial charge in [-0.3, -0.25) is 9.69 Å². The predicted molar refractivity (Wildman–Crippen MR) is 144 cm³/mol. The van der Waals surface area contributed by atoms with Crippen molar-refractivity contribution in [2.75, 3.05) is 26.3 Å². The van der Waals surface area contributed by atoms with Gasteiger partial charge in [0, 0.05) is 42.8 Å². The van der Waals surface area contributed by atoms with Crippen LogP contribution in [-0.4, -0.2) is 41.7 Å². The lowest BCUT2D eigenvalue weighted by molar-refractivity contribution is 0.0341. The zero-order chi connectivity index (χ0) is 25.4. The van der Waals surface area contributed by atoms with Crippen LogP contribution < -0.4 is 10.1 Å². The number of amides is 1. The molecule has 1 N–H and O–H groups in total. The van der Waals surface area contributed by atoms with E-state index in [1.54, 1.807) is 6.26 Å². The minimum atomic E-state index is -0.310. The molecule has 1 unspecified atom stereocenters. The SMILES string of the molecule is O=C(NCc1ccc(Cl)cc1)c1cn2c3c(cc(CN4CCOCC4)cc3c1=S)OC(c1ccco1)C2. The quantitative estimate of drug-likeness (QED) is 0.328. The zero-order valence-electron chi connectivity index (χ0n) is 20.1. The number of carbonyl (C=O) groups excluding carboxylic acids is 1. The standard InChI is InChI=1S/C28H26ClN3O4S/c29-20-5-3-18(4-6-20)14-30-28(33)22-16-32-17-25(23-2-1-9-35-23)36-24-13-19(12-21(26(24)32)27(22)37)15-31-7-10-34-11-8-31/h1-6,9,12-13,16,25H,7-8,10-11,14-15,17H2,(H,30,33). The lowest BCUT2D eigenvalue weighted by Crippen LogP contribution is -2.35. The second-order valence-electron chi connectivity index (χ2n) is 9.33. The summed E-state index contributed by atoms with van der Waals surface area (Å²) >= 11 is 11.9. The highest BCUT2D eigenvalue weighted by Gasteiger charge is 2.27. The van der Waals surface area contributed by atoms with Crippen molar-refractivity contribution in [3.63, 3.8) is 0 Å². The van der Waals surface area contributed by atoms with Crippen molar-refractivity contribution in [1.82, 2.24) is 14.8 Å². The molecular weight excluding hydrogens is 510 g/mol. The van der Waals surface area contributed by atoms with E-state index in [-0.39, 0.29) is 12.0 Å². The van der Waals surface area contributed by atoms with Gasteiger partial charge in [0.05, 0.1) is 41.6 Å². The summed E-state index contributed by atoms with van der Waals surface area (Å²) in [5, 5.41) is 4.51. The van der Waals surface area contributed by atoms with Crippen LogP contribution >= 0.6 is 23.8 Å². The Morgan fingerprint density at radius 1 is 1.11 bits per heavy atom. The molecule has 9 heteroatoms. The summed E-state index contributed by atoms with van der Waals surface area (Å²) in [4.78, 5) is 15.7. The maximum absolute atomic E-state index is 13.3. The fraction of sp³-hybridized carbons (Fsp3) is 0.286. The Labute approximate surface area is 224 Å². The second kappa shape index (κ2) is 10.3. The van der Waals surface area contributed by atoms with E-state index in [1.807, 2.05) is 42.6 Å². The van der Waals surface area contributed by atoms with E-state index in [0.717, 1.165) is 66.4 Å². The molecule has 2 aromatic heterocycles. The normalized spacial score (nSPS) is 17.5. The van der Waals surface area contributed by atoms with Gasteiger partial charge in [0.25, 0.3) is 5.91 Å². The summed E-state index contributed by atoms with van der Waals surface area (Å²) in [6.45, 7) is 4.83. The Morgan fingerprint density at radius 2 is 1.92 bits per heavy atom. The highest BCUT2D eigenvalue weighted by atomic mass is 35.5. The first-order chi connectivity index (χ1) is 18.0. The van der Waals surface area contributed by atoms with Crippen LogP contribution in [0.2, 0.25) is 5.02 Å². The van der Waals surface area contributed by atoms with Gasteiger partial charge in [0.15, 0.2) is 6.10 Å². The molecule has 4 heterocycles. The van der Waals surface area contributed by atoms with Crippen molar-refractivity contribution in [3.8, 4) is 5.75 Å². The lowest BCUT2D eigenvalue weighted by Gasteiger charge is -2.30. The van der Waals surface area contributed by atoms with Crippen molar-refractivity contribution in [1.29, 1.82) is 0 Å². The monoisotopic (exact) mass is 535 g/mol. The van der Waals surface area contributed by atoms with E-state index in [4.69, 9.17) is 37.7 Å². The molecule has 1 atom stereocenters. The minimum Gasteiger partial charge on any atom is -0.478 e. The Hall–Kier alpha value is -3.17. The molecule has 4 aromatic rings. The predicted octanol–water partition coefficient (Wildman–Crippen LogP) is 5.51. The molecule has 1 amide bonds. The molecule has 37 heavy (non-hydrogen) atoms. The van der Waals surface area contributed by atoms with E-state index >= 15 is 0 Å². The number of carbonyl (C=O) groups is 1. The average molecular weight is 536 g/mol. The van der Waals surface area contributed by atoms with Gasteiger partial charge in [-0.05, 0) is 47.5 Å². The van der Waals surface area contributed by atoms with Crippen molar-refractivity contribution < 1.29 is 18.7 Å². The second-order valence-corrected chi connectivity index (χ2v) is 10.2. The van der Waals surface area contributed by atoms with Crippen molar-refractivity contribution in [2.24, 2.45) is 0 Å². The van der Waals surface area contributed by atoms with E-state index in [9.17, 15) is 4.79 Å². The number of nitrogens with zero attached hydrogens (tertiary/aromatic N) is 2. The van der Waals surface area contributed by atoms with Crippen LogP contribution in [0.5, 0.6) is 5.75 Å². The largest absolute Gasteiger partial charge is 0.478 e. The Kier molecular flexibility index (Phi) is 6.73. The number of benzene rings is 2. The molecule has 2 aromatic carbocycles. The highest BCUT2D eigenvalue weighted by molar-refractivity contribution is 7.71. The molecule has 1 fully saturated rings. The molecule has 2 aliphatic heterocycles. The molecule has 2 aliphatic rings. The fourth-order valence-electron chi connectivity index (χ4n) is 4.93. The lowest BCUT2D eigenvalue weighted by atomic mass is 10.0. The topological polar surface area (TPSA) is 68.9 Å². The third-order valence-electron chi connectivity index (χ3n) is 6.81. The summed E-state index contributed by atoms with van der Waals surface area (Å²) in [7, 11) is 0. The molecule has 7 nitrogen and oxygen atoms in total. The molecule has 0 spiro atoms. The highest BCUT2D eigenvalue weighted by Crippen LogP contribution is 2.38. The van der Waals surface area contributed by atoms with Gasteiger partial charge in [-0.2, -0.15) is 0 Å². The van der Waals surface area contributed by atoms with Gasteiger partial charge in [-0.15, -0.1) is 0 Å². The summed E-state index contributed by atoms with van der Waals surface area (Å²) in [6, 6.07) is 15.3. The number of rotatable bonds is 6. The van der Waals surface area contributed by atoms with Crippen LogP contribution in [0.25, 0.3) is 10.9 Å². The number of morpholine rings is 1. The number of hydrogen-bond donors (Lipinski definition) is 1. The number of halogens is 1. The fourth-order valence-corrected chi connectivity index (χ4v) is 5.36. The first-order valence-electron chi connectivity index (χ1n) is 12.3. The molecule has 0 saturated carbocycles. The van der Waals surface area contributed by atoms with Gasteiger partial charge in [-0.1, -0.05) is 36.0 Å². The number of furan rings is 1. The number of aromatic nitrogens is 1. The number of pyridine rings is 1. The van der Waals surface area contributed by atoms with Crippen LogP contribution in [0, 0.1) is 4.51 Å². The van der Waals surface area contributed by atoms with Crippen LogP contribution in [-0.2, 0) is 24.4 Å². The van der Waals surface area contributed by atoms with Gasteiger partial charge in [0.1, 0.15) is 11.5 Å². The van der Waals surface area contributed by atoms with Crippen LogP contribution in [0.15, 0.2) is 65.4 Å². The molecule has 1 saturated heterocycles. The summed E-state index contributed by atoms with van der Waals surface area (Å²) in [6.07, 6.45) is 3.17. The first kappa shape index (κ1) is 24.2. The maximum atomic E-state index is 13.3. The molecule has 0 radical (unpaired) electrons. The molecule has 0 bridgehead atoms. The van der Waals surface area contributed by atoms with Crippen molar-refractivity contribution in [2.45, 2.75) is 25.7 Å². The molecular formula is C28H26ClN3O4S. The van der Waals surface area contributed by atoms with E-state index < -0.39 is 0 Å². The minimum absolute atomic E-state index is 0.216. The Balaban J connectivity index is 1.38. The zero-order valence-corrected chi connectivity index (χ0v) is 21.7. The summed E-state index contributed by atoms with van der Waals surface area (Å²) < 4.78 is 20.2. The third kappa shape index (κ3) is 5.02. The summed E-state index contributed by atoms with van der Waals surface area (Å²) in [5.74, 6) is 1.26. The Morgan fingerprint density at radius 3 is 2.68 bits per heavy atom. The van der Waals surface area contributed by atoms with Gasteiger partial charge in [-0.25, -0.2) is 0 Å². The molecule has 6 rings (SSSR count). The third-order valence-corrected chi connectivity index (χ3v) is 7.50. The summed E-state index contributed by atoms with van der Waals surface area (Å²) in [5.41, 5.74) is 3.40. The average Bonchev–Trinajstić information content (AvgIpc) is 3.45. The van der Waals surface area contributed by atoms with Crippen LogP contribution in [0.1, 0.15) is 33.3 Å². The van der Waals surface area contributed by atoms with Gasteiger partial charge >= 0.3 is 0 Å². The van der Waals surface area contributed by atoms with E-state index in [2.05, 4.69) is 26.9 Å². The van der Waals surface area contributed by atoms with Gasteiger partial charge < -0.3 is 23.8 Å². The first-order valence-corrected chi connectivity index (χ1v) is 13.1. The molecule has 0 aliphatic carbocycles. The van der Waals surface area contributed by atoms with Gasteiger partial charge in [0.2, 0.25) is 0 Å². The number of hydrogen-bond acceptors (Lipinski definition) is 6. The van der Waals surface area contributed by atoms with Crippen LogP contribution in [0.3, 0.4) is 0 Å². The van der Waals surface area contributed by atoms with E-state index in [0.29, 0.717) is 28.2 Å². The molecule has 190 valence electrons. The Bertz CT molecular complexity index is 1490. The maximum Gasteiger partial charge on any atom is 0.254 e. The van der Waals surface area contributed by atoms with E-state index in [1.165, 1.54) is 0 Å². The van der Waals surface area contributed by atoms with Crippen molar-refractivity contribution >= 4 is 40.6 Å². The number of nitrogens with one attached hydrogen (secondary N) is 1. The van der Waals surface area contributed by atoms with Crippen LogP contribution in [0.4, 0.5) is 0 Å². The van der Waals surface area contributed by atoms with Crippen molar-refractivity contribution in [3.05, 3.63) is 93.0 Å². The smallest absolute Gasteiger partial charge is 0.254 e. The number of ether oxygens (including phenoxy) is 2.